The van der Waals surface area contributed by atoms with Gasteiger partial charge in [0.1, 0.15) is 5.82 Å². The highest BCUT2D eigenvalue weighted by molar-refractivity contribution is 9.10. The van der Waals surface area contributed by atoms with Gasteiger partial charge >= 0.3 is 0 Å². The number of rotatable bonds is 3. The van der Waals surface area contributed by atoms with Gasteiger partial charge in [0, 0.05) is 6.04 Å². The van der Waals surface area contributed by atoms with Crippen LogP contribution in [0.4, 0.5) is 4.39 Å². The van der Waals surface area contributed by atoms with E-state index in [4.69, 9.17) is 5.73 Å². The minimum absolute atomic E-state index is 0.0344. The molecule has 0 bridgehead atoms. The van der Waals surface area contributed by atoms with E-state index >= 15 is 0 Å². The summed E-state index contributed by atoms with van der Waals surface area (Å²) >= 11 is 3.24. The Morgan fingerprint density at radius 3 is 2.78 bits per heavy atom. The lowest BCUT2D eigenvalue weighted by atomic mass is 9.73. The van der Waals surface area contributed by atoms with Gasteiger partial charge in [-0.1, -0.05) is 38.7 Å². The van der Waals surface area contributed by atoms with Crippen LogP contribution in [0, 0.1) is 17.7 Å². The lowest BCUT2D eigenvalue weighted by Crippen LogP contribution is -2.30. The predicted molar refractivity (Wildman–Crippen MR) is 76.8 cm³/mol. The molecule has 3 heteroatoms. The molecule has 2 N–H and O–H groups in total. The zero-order valence-corrected chi connectivity index (χ0v) is 12.4. The van der Waals surface area contributed by atoms with Gasteiger partial charge in [-0.15, -0.1) is 0 Å². The molecule has 0 amide bonds. The Kier molecular flexibility index (Phi) is 4.79. The number of nitrogens with two attached hydrogens (primary N) is 1. The Morgan fingerprint density at radius 1 is 1.39 bits per heavy atom. The molecule has 0 radical (unpaired) electrons. The van der Waals surface area contributed by atoms with Crippen LogP contribution in [0.2, 0.25) is 0 Å². The molecule has 0 spiro atoms. The van der Waals surface area contributed by atoms with Crippen molar-refractivity contribution in [1.82, 2.24) is 0 Å². The Labute approximate surface area is 117 Å². The zero-order valence-electron chi connectivity index (χ0n) is 10.8. The minimum Gasteiger partial charge on any atom is -0.324 e. The smallest absolute Gasteiger partial charge is 0.137 e. The van der Waals surface area contributed by atoms with Crippen LogP contribution < -0.4 is 5.73 Å². The van der Waals surface area contributed by atoms with E-state index in [1.54, 1.807) is 0 Å². The van der Waals surface area contributed by atoms with Gasteiger partial charge in [0.25, 0.3) is 0 Å². The number of halogens is 2. The third kappa shape index (κ3) is 2.94. The van der Waals surface area contributed by atoms with Crippen LogP contribution in [-0.4, -0.2) is 0 Å². The molecule has 1 aliphatic carbocycles. The maximum atomic E-state index is 13.3. The molecule has 100 valence electrons. The van der Waals surface area contributed by atoms with Crippen LogP contribution in [0.1, 0.15) is 50.6 Å². The second kappa shape index (κ2) is 6.16. The van der Waals surface area contributed by atoms with Crippen LogP contribution in [0.5, 0.6) is 0 Å². The summed E-state index contributed by atoms with van der Waals surface area (Å²) in [4.78, 5) is 0. The normalized spacial score (nSPS) is 26.0. The van der Waals surface area contributed by atoms with E-state index in [9.17, 15) is 4.39 Å². The molecule has 0 saturated heterocycles. The van der Waals surface area contributed by atoms with Gasteiger partial charge in [-0.3, -0.25) is 0 Å². The summed E-state index contributed by atoms with van der Waals surface area (Å²) in [5.74, 6) is 1.04. The SMILES string of the molecule is CCC1CCCCC1C(N)c1ccc(F)c(Br)c1. The quantitative estimate of drug-likeness (QED) is 0.852. The van der Waals surface area contributed by atoms with Crippen molar-refractivity contribution in [2.45, 2.75) is 45.1 Å². The maximum absolute atomic E-state index is 13.3. The summed E-state index contributed by atoms with van der Waals surface area (Å²) < 4.78 is 13.8. The van der Waals surface area contributed by atoms with Crippen molar-refractivity contribution in [2.24, 2.45) is 17.6 Å². The van der Waals surface area contributed by atoms with Crippen LogP contribution >= 0.6 is 15.9 Å². The lowest BCUT2D eigenvalue weighted by molar-refractivity contribution is 0.196. The first-order chi connectivity index (χ1) is 8.63. The first-order valence-corrected chi connectivity index (χ1v) is 7.63. The molecule has 2 rings (SSSR count). The van der Waals surface area contributed by atoms with E-state index < -0.39 is 0 Å². The molecule has 18 heavy (non-hydrogen) atoms. The van der Waals surface area contributed by atoms with E-state index in [0.717, 1.165) is 11.5 Å². The number of hydrogen-bond acceptors (Lipinski definition) is 1. The minimum atomic E-state index is -0.221. The summed E-state index contributed by atoms with van der Waals surface area (Å²) in [5.41, 5.74) is 7.46. The molecule has 1 aromatic carbocycles. The first kappa shape index (κ1) is 14.0. The molecular weight excluding hydrogens is 293 g/mol. The van der Waals surface area contributed by atoms with Gasteiger partial charge in [-0.2, -0.15) is 0 Å². The highest BCUT2D eigenvalue weighted by Crippen LogP contribution is 2.39. The predicted octanol–water partition coefficient (Wildman–Crippen LogP) is 4.80. The summed E-state index contributed by atoms with van der Waals surface area (Å²) in [7, 11) is 0. The second-order valence-electron chi connectivity index (χ2n) is 5.32. The third-order valence-electron chi connectivity index (χ3n) is 4.28. The van der Waals surface area contributed by atoms with Gasteiger partial charge in [0.2, 0.25) is 0 Å². The molecule has 1 fully saturated rings. The van der Waals surface area contributed by atoms with Gasteiger partial charge < -0.3 is 5.73 Å². The highest BCUT2D eigenvalue weighted by atomic mass is 79.9. The third-order valence-corrected chi connectivity index (χ3v) is 4.89. The van der Waals surface area contributed by atoms with Gasteiger partial charge in [-0.25, -0.2) is 4.39 Å². The Morgan fingerprint density at radius 2 is 2.11 bits per heavy atom. The van der Waals surface area contributed by atoms with Crippen LogP contribution in [0.3, 0.4) is 0 Å². The van der Waals surface area contributed by atoms with Crippen molar-refractivity contribution in [3.63, 3.8) is 0 Å². The van der Waals surface area contributed by atoms with Crippen molar-refractivity contribution >= 4 is 15.9 Å². The molecule has 1 aliphatic rings. The molecule has 3 atom stereocenters. The summed E-state index contributed by atoms with van der Waals surface area (Å²) in [6, 6.07) is 5.20. The monoisotopic (exact) mass is 313 g/mol. The van der Waals surface area contributed by atoms with Gasteiger partial charge in [0.15, 0.2) is 0 Å². The van der Waals surface area contributed by atoms with E-state index in [1.807, 2.05) is 12.1 Å². The average Bonchev–Trinajstić information content (AvgIpc) is 2.41. The first-order valence-electron chi connectivity index (χ1n) is 6.84. The summed E-state index contributed by atoms with van der Waals surface area (Å²) in [6.45, 7) is 2.25. The van der Waals surface area contributed by atoms with Crippen molar-refractivity contribution in [2.75, 3.05) is 0 Å². The summed E-state index contributed by atoms with van der Waals surface area (Å²) in [6.07, 6.45) is 6.29. The Bertz CT molecular complexity index is 407. The molecular formula is C15H21BrFN. The van der Waals surface area contributed by atoms with Crippen molar-refractivity contribution in [3.8, 4) is 0 Å². The zero-order chi connectivity index (χ0) is 13.1. The highest BCUT2D eigenvalue weighted by Gasteiger charge is 2.29. The van der Waals surface area contributed by atoms with Gasteiger partial charge in [-0.05, 0) is 51.9 Å². The van der Waals surface area contributed by atoms with Crippen LogP contribution in [-0.2, 0) is 0 Å². The molecule has 1 nitrogen and oxygen atoms in total. The van der Waals surface area contributed by atoms with Crippen molar-refractivity contribution in [3.05, 3.63) is 34.1 Å². The standard InChI is InChI=1S/C15H21BrFN/c1-2-10-5-3-4-6-12(10)15(18)11-7-8-14(17)13(16)9-11/h7-10,12,15H,2-6,18H2,1H3. The average molecular weight is 314 g/mol. The Balaban J connectivity index is 2.18. The molecule has 0 heterocycles. The topological polar surface area (TPSA) is 26.0 Å². The lowest BCUT2D eigenvalue weighted by Gasteiger charge is -2.35. The van der Waals surface area contributed by atoms with Crippen molar-refractivity contribution in [1.29, 1.82) is 0 Å². The number of hydrogen-bond donors (Lipinski definition) is 1. The molecule has 3 unspecified atom stereocenters. The van der Waals surface area contributed by atoms with E-state index in [-0.39, 0.29) is 11.9 Å². The fraction of sp³-hybridized carbons (Fsp3) is 0.600. The second-order valence-corrected chi connectivity index (χ2v) is 6.17. The van der Waals surface area contributed by atoms with Gasteiger partial charge in [0.05, 0.1) is 4.47 Å². The number of benzene rings is 1. The summed E-state index contributed by atoms with van der Waals surface area (Å²) in [5, 5.41) is 0. The van der Waals surface area contributed by atoms with Crippen molar-refractivity contribution < 1.29 is 4.39 Å². The molecule has 0 aromatic heterocycles. The molecule has 1 aromatic rings. The van der Waals surface area contributed by atoms with Crippen LogP contribution in [0.25, 0.3) is 0 Å². The fourth-order valence-corrected chi connectivity index (χ4v) is 3.58. The fourth-order valence-electron chi connectivity index (χ4n) is 3.18. The van der Waals surface area contributed by atoms with E-state index in [1.165, 1.54) is 38.2 Å². The molecule has 0 aliphatic heterocycles. The maximum Gasteiger partial charge on any atom is 0.137 e. The van der Waals surface area contributed by atoms with E-state index in [2.05, 4.69) is 22.9 Å². The Hall–Kier alpha value is -0.410. The van der Waals surface area contributed by atoms with Crippen LogP contribution in [0.15, 0.2) is 22.7 Å². The van der Waals surface area contributed by atoms with E-state index in [0.29, 0.717) is 10.4 Å². The molecule has 1 saturated carbocycles. The largest absolute Gasteiger partial charge is 0.324 e.